The van der Waals surface area contributed by atoms with Crippen LogP contribution in [0.3, 0.4) is 0 Å². The second-order valence-corrected chi connectivity index (χ2v) is 6.52. The number of carboxylic acid groups (broad SMARTS) is 2. The van der Waals surface area contributed by atoms with Gasteiger partial charge in [0.2, 0.25) is 0 Å². The smallest absolute Gasteiger partial charge is 0.475 e. The average Bonchev–Trinajstić information content (AvgIpc) is 2.69. The normalized spacial score (nSPS) is 16.2. The predicted molar refractivity (Wildman–Crippen MR) is 101 cm³/mol. The quantitative estimate of drug-likeness (QED) is 0.493. The number of carboxylic acids is 2. The molecule has 1 aromatic carbocycles. The largest absolute Gasteiger partial charge is 0.490 e. The molecule has 0 radical (unpaired) electrons. The van der Waals surface area contributed by atoms with E-state index in [0.29, 0.717) is 6.04 Å². The molecule has 0 amide bonds. The minimum absolute atomic E-state index is 0.512. The molecule has 1 fully saturated rings. The molecule has 8 nitrogen and oxygen atoms in total. The summed E-state index contributed by atoms with van der Waals surface area (Å²) >= 11 is 0. The summed E-state index contributed by atoms with van der Waals surface area (Å²) in [5.41, 5.74) is 3.08. The molecule has 0 bridgehead atoms. The van der Waals surface area contributed by atoms with E-state index < -0.39 is 24.3 Å². The Morgan fingerprint density at radius 2 is 1.62 bits per heavy atom. The lowest BCUT2D eigenvalue weighted by Crippen LogP contribution is -2.38. The number of rotatable bonds is 2. The Balaban J connectivity index is 0.000000305. The van der Waals surface area contributed by atoms with Gasteiger partial charge in [0.1, 0.15) is 0 Å². The Bertz CT molecular complexity index is 890. The number of nitrogens with zero attached hydrogens (tertiary/aromatic N) is 2. The number of anilines is 1. The standard InChI is InChI=1S/C14H18N4.2C2HF3O2/c1-10-8-12-13(5-2-6-14(12)18-17-10)16-11-4-3-7-15-9-11;2*3-2(4,5)1(6)7/h2,5-6,8,11,15-16H,3-4,7,9H2,1H3;2*(H,6,7). The molecule has 1 aromatic heterocycles. The van der Waals surface area contributed by atoms with E-state index >= 15 is 0 Å². The summed E-state index contributed by atoms with van der Waals surface area (Å²) in [6, 6.07) is 8.77. The maximum atomic E-state index is 10.6. The van der Waals surface area contributed by atoms with Gasteiger partial charge >= 0.3 is 24.3 Å². The number of carbonyl (C=O) groups is 2. The van der Waals surface area contributed by atoms with Crippen LogP contribution in [0.5, 0.6) is 0 Å². The molecular weight excluding hydrogens is 450 g/mol. The van der Waals surface area contributed by atoms with Crippen LogP contribution in [-0.2, 0) is 9.59 Å². The molecule has 0 aliphatic carbocycles. The summed E-state index contributed by atoms with van der Waals surface area (Å²) < 4.78 is 63.5. The fourth-order valence-corrected chi connectivity index (χ4v) is 2.48. The number of hydrogen-bond donors (Lipinski definition) is 4. The molecule has 2 aromatic rings. The van der Waals surface area contributed by atoms with Gasteiger partial charge in [0.25, 0.3) is 0 Å². The van der Waals surface area contributed by atoms with Crippen LogP contribution in [0, 0.1) is 6.92 Å². The Morgan fingerprint density at radius 1 is 1.06 bits per heavy atom. The minimum atomic E-state index is -5.08. The predicted octanol–water partition coefficient (Wildman–Crippen LogP) is 3.37. The molecule has 1 aliphatic heterocycles. The van der Waals surface area contributed by atoms with Crippen LogP contribution < -0.4 is 10.6 Å². The van der Waals surface area contributed by atoms with E-state index in [-0.39, 0.29) is 0 Å². The second kappa shape index (κ2) is 11.5. The highest BCUT2D eigenvalue weighted by Crippen LogP contribution is 2.23. The lowest BCUT2D eigenvalue weighted by Gasteiger charge is -2.25. The molecule has 4 N–H and O–H groups in total. The van der Waals surface area contributed by atoms with Crippen molar-refractivity contribution in [1.29, 1.82) is 0 Å². The van der Waals surface area contributed by atoms with Gasteiger partial charge in [-0.3, -0.25) is 0 Å². The number of nitrogens with one attached hydrogen (secondary N) is 2. The van der Waals surface area contributed by atoms with Gasteiger partial charge in [-0.2, -0.15) is 36.5 Å². The monoisotopic (exact) mass is 470 g/mol. The van der Waals surface area contributed by atoms with Gasteiger partial charge in [0.15, 0.2) is 0 Å². The van der Waals surface area contributed by atoms with Crippen molar-refractivity contribution >= 4 is 28.5 Å². The van der Waals surface area contributed by atoms with Crippen molar-refractivity contribution in [3.05, 3.63) is 30.0 Å². The van der Waals surface area contributed by atoms with Gasteiger partial charge in [0, 0.05) is 23.7 Å². The first-order valence-electron chi connectivity index (χ1n) is 9.02. The Kier molecular flexibility index (Phi) is 9.62. The third-order valence-electron chi connectivity index (χ3n) is 3.89. The minimum Gasteiger partial charge on any atom is -0.475 e. The van der Waals surface area contributed by atoms with Crippen LogP contribution in [-0.4, -0.2) is 63.8 Å². The van der Waals surface area contributed by atoms with Crippen molar-refractivity contribution in [2.45, 2.75) is 38.2 Å². The zero-order valence-corrected chi connectivity index (χ0v) is 16.6. The number of aliphatic carboxylic acids is 2. The molecule has 0 spiro atoms. The van der Waals surface area contributed by atoms with Crippen LogP contribution in [0.4, 0.5) is 32.0 Å². The summed E-state index contributed by atoms with van der Waals surface area (Å²) in [5, 5.41) is 30.8. The van der Waals surface area contributed by atoms with Gasteiger partial charge in [0.05, 0.1) is 11.2 Å². The molecule has 1 unspecified atom stereocenters. The van der Waals surface area contributed by atoms with Crippen molar-refractivity contribution in [3.63, 3.8) is 0 Å². The van der Waals surface area contributed by atoms with E-state index in [9.17, 15) is 26.3 Å². The molecule has 0 saturated carbocycles. The molecular formula is C18H20F6N4O4. The number of halogens is 6. The molecule has 32 heavy (non-hydrogen) atoms. The number of benzene rings is 1. The molecule has 1 saturated heterocycles. The van der Waals surface area contributed by atoms with Crippen LogP contribution >= 0.6 is 0 Å². The highest BCUT2D eigenvalue weighted by Gasteiger charge is 2.38. The number of aromatic nitrogens is 2. The van der Waals surface area contributed by atoms with Crippen LogP contribution in [0.2, 0.25) is 0 Å². The van der Waals surface area contributed by atoms with Gasteiger partial charge in [-0.1, -0.05) is 6.07 Å². The maximum Gasteiger partial charge on any atom is 0.490 e. The zero-order valence-electron chi connectivity index (χ0n) is 16.6. The van der Waals surface area contributed by atoms with E-state index in [0.717, 1.165) is 29.7 Å². The highest BCUT2D eigenvalue weighted by molar-refractivity contribution is 5.91. The van der Waals surface area contributed by atoms with Gasteiger partial charge in [-0.05, 0) is 44.5 Å². The summed E-state index contributed by atoms with van der Waals surface area (Å²) in [5.74, 6) is -5.51. The van der Waals surface area contributed by atoms with Gasteiger partial charge < -0.3 is 20.8 Å². The lowest BCUT2D eigenvalue weighted by molar-refractivity contribution is -0.193. The van der Waals surface area contributed by atoms with Crippen molar-refractivity contribution in [2.75, 3.05) is 18.4 Å². The van der Waals surface area contributed by atoms with E-state index in [1.165, 1.54) is 18.5 Å². The molecule has 14 heteroatoms. The second-order valence-electron chi connectivity index (χ2n) is 6.52. The maximum absolute atomic E-state index is 10.6. The zero-order chi connectivity index (χ0) is 24.5. The first-order valence-corrected chi connectivity index (χ1v) is 9.02. The summed E-state index contributed by atoms with van der Waals surface area (Å²) in [6.45, 7) is 4.15. The number of aryl methyl sites for hydroxylation is 1. The highest BCUT2D eigenvalue weighted by atomic mass is 19.4. The number of piperidine rings is 1. The van der Waals surface area contributed by atoms with Gasteiger partial charge in [-0.15, -0.1) is 0 Å². The number of fused-ring (bicyclic) bond motifs is 1. The first-order chi connectivity index (χ1) is 14.7. The Morgan fingerprint density at radius 3 is 2.09 bits per heavy atom. The van der Waals surface area contributed by atoms with Crippen LogP contribution in [0.25, 0.3) is 10.9 Å². The van der Waals surface area contributed by atoms with E-state index in [2.05, 4.69) is 33.0 Å². The van der Waals surface area contributed by atoms with E-state index in [4.69, 9.17) is 19.8 Å². The van der Waals surface area contributed by atoms with E-state index in [1.807, 2.05) is 19.1 Å². The first kappa shape index (κ1) is 26.9. The summed E-state index contributed by atoms with van der Waals surface area (Å²) in [4.78, 5) is 17.8. The lowest BCUT2D eigenvalue weighted by atomic mass is 10.1. The fourth-order valence-electron chi connectivity index (χ4n) is 2.48. The van der Waals surface area contributed by atoms with Gasteiger partial charge in [-0.25, -0.2) is 9.59 Å². The summed E-state index contributed by atoms with van der Waals surface area (Å²) in [6.07, 6.45) is -7.71. The average molecular weight is 470 g/mol. The van der Waals surface area contributed by atoms with Crippen molar-refractivity contribution in [1.82, 2.24) is 15.5 Å². The van der Waals surface area contributed by atoms with Crippen LogP contribution in [0.1, 0.15) is 18.5 Å². The number of hydrogen-bond acceptors (Lipinski definition) is 6. The number of alkyl halides is 6. The van der Waals surface area contributed by atoms with Crippen LogP contribution in [0.15, 0.2) is 24.3 Å². The van der Waals surface area contributed by atoms with Crippen molar-refractivity contribution < 1.29 is 46.1 Å². The Hall–Kier alpha value is -3.16. The molecule has 1 atom stereocenters. The molecule has 2 heterocycles. The van der Waals surface area contributed by atoms with Crippen molar-refractivity contribution in [3.8, 4) is 0 Å². The summed E-state index contributed by atoms with van der Waals surface area (Å²) in [7, 11) is 0. The van der Waals surface area contributed by atoms with E-state index in [1.54, 1.807) is 0 Å². The SMILES string of the molecule is Cc1cc2c(NC3CCCNC3)cccc2nn1.O=C(O)C(F)(F)F.O=C(O)C(F)(F)F. The molecule has 178 valence electrons. The third-order valence-corrected chi connectivity index (χ3v) is 3.89. The fraction of sp³-hybridized carbons (Fsp3) is 0.444. The topological polar surface area (TPSA) is 124 Å². The third kappa shape index (κ3) is 9.32. The Labute approximate surface area is 177 Å². The molecule has 1 aliphatic rings. The van der Waals surface area contributed by atoms with Crippen molar-refractivity contribution in [2.24, 2.45) is 0 Å². The molecule has 3 rings (SSSR count).